The molecule has 0 aromatic heterocycles. The van der Waals surface area contributed by atoms with Crippen molar-refractivity contribution in [2.24, 2.45) is 0 Å². The molecule has 0 amide bonds. The molecule has 0 bridgehead atoms. The molecule has 15 heavy (non-hydrogen) atoms. The molecule has 1 aliphatic carbocycles. The van der Waals surface area contributed by atoms with Gasteiger partial charge in [-0.25, -0.2) is 0 Å². The first-order valence-electron chi connectivity index (χ1n) is 6.32. The molecular weight excluding hydrogens is 184 g/mol. The Kier molecular flexibility index (Phi) is 5.96. The van der Waals surface area contributed by atoms with Gasteiger partial charge >= 0.3 is 0 Å². The second-order valence-corrected chi connectivity index (χ2v) is 4.83. The van der Waals surface area contributed by atoms with E-state index in [2.05, 4.69) is 30.6 Å². The first kappa shape index (κ1) is 12.7. The van der Waals surface area contributed by atoms with E-state index in [1.54, 1.807) is 0 Å². The molecule has 0 aromatic rings. The van der Waals surface area contributed by atoms with Crippen LogP contribution in [0, 0.1) is 0 Å². The quantitative estimate of drug-likeness (QED) is 0.464. The van der Waals surface area contributed by atoms with Gasteiger partial charge in [-0.15, -0.1) is 6.58 Å². The topological polar surface area (TPSA) is 15.3 Å². The van der Waals surface area contributed by atoms with Gasteiger partial charge in [0.15, 0.2) is 0 Å². The molecule has 1 N–H and O–H groups in total. The standard InChI is InChI=1S/C13H26N2/c1-4-10-15(13-7-8-13)11-6-5-9-14-12(2)3/h4,12-14H,1,5-11H2,2-3H3. The Bertz CT molecular complexity index is 173. The maximum absolute atomic E-state index is 3.82. The number of nitrogens with zero attached hydrogens (tertiary/aromatic N) is 1. The van der Waals surface area contributed by atoms with Gasteiger partial charge in [0.05, 0.1) is 0 Å². The van der Waals surface area contributed by atoms with Gasteiger partial charge in [-0.1, -0.05) is 19.9 Å². The number of rotatable bonds is 9. The maximum atomic E-state index is 3.82. The third-order valence-corrected chi connectivity index (χ3v) is 2.85. The molecule has 1 rings (SSSR count). The third-order valence-electron chi connectivity index (χ3n) is 2.85. The highest BCUT2D eigenvalue weighted by Gasteiger charge is 2.27. The van der Waals surface area contributed by atoms with Crippen LogP contribution in [0.15, 0.2) is 12.7 Å². The van der Waals surface area contributed by atoms with E-state index < -0.39 is 0 Å². The maximum Gasteiger partial charge on any atom is 0.0163 e. The van der Waals surface area contributed by atoms with E-state index in [0.717, 1.165) is 19.1 Å². The minimum Gasteiger partial charge on any atom is -0.315 e. The van der Waals surface area contributed by atoms with Crippen molar-refractivity contribution in [1.29, 1.82) is 0 Å². The van der Waals surface area contributed by atoms with Gasteiger partial charge < -0.3 is 5.32 Å². The molecule has 0 atom stereocenters. The molecule has 0 aromatic carbocycles. The second-order valence-electron chi connectivity index (χ2n) is 4.83. The lowest BCUT2D eigenvalue weighted by Crippen LogP contribution is -2.29. The predicted molar refractivity (Wildman–Crippen MR) is 67.2 cm³/mol. The Labute approximate surface area is 94.7 Å². The van der Waals surface area contributed by atoms with Crippen LogP contribution in [0.2, 0.25) is 0 Å². The lowest BCUT2D eigenvalue weighted by Gasteiger charge is -2.20. The van der Waals surface area contributed by atoms with Crippen molar-refractivity contribution >= 4 is 0 Å². The van der Waals surface area contributed by atoms with Gasteiger partial charge in [0.1, 0.15) is 0 Å². The Morgan fingerprint density at radius 1 is 1.40 bits per heavy atom. The first-order chi connectivity index (χ1) is 7.24. The van der Waals surface area contributed by atoms with Gasteiger partial charge in [0, 0.05) is 18.6 Å². The highest BCUT2D eigenvalue weighted by atomic mass is 15.2. The van der Waals surface area contributed by atoms with Gasteiger partial charge in [0.2, 0.25) is 0 Å². The molecule has 1 fully saturated rings. The lowest BCUT2D eigenvalue weighted by molar-refractivity contribution is 0.284. The van der Waals surface area contributed by atoms with Gasteiger partial charge in [0.25, 0.3) is 0 Å². The summed E-state index contributed by atoms with van der Waals surface area (Å²) in [6, 6.07) is 1.50. The average molecular weight is 210 g/mol. The number of nitrogens with one attached hydrogen (secondary N) is 1. The van der Waals surface area contributed by atoms with Crippen LogP contribution in [0.5, 0.6) is 0 Å². The Hall–Kier alpha value is -0.340. The van der Waals surface area contributed by atoms with E-state index in [1.807, 2.05) is 6.08 Å². The predicted octanol–water partition coefficient (Wildman–Crippen LogP) is 2.42. The van der Waals surface area contributed by atoms with Crippen molar-refractivity contribution in [1.82, 2.24) is 10.2 Å². The number of unbranched alkanes of at least 4 members (excludes halogenated alkanes) is 1. The normalized spacial score (nSPS) is 16.3. The van der Waals surface area contributed by atoms with Gasteiger partial charge in [-0.05, 0) is 38.8 Å². The Balaban J connectivity index is 1.98. The molecule has 0 saturated heterocycles. The van der Waals surface area contributed by atoms with Crippen LogP contribution in [0.4, 0.5) is 0 Å². The fourth-order valence-corrected chi connectivity index (χ4v) is 1.86. The molecule has 0 radical (unpaired) electrons. The highest BCUT2D eigenvalue weighted by molar-refractivity contribution is 4.88. The van der Waals surface area contributed by atoms with E-state index in [-0.39, 0.29) is 0 Å². The van der Waals surface area contributed by atoms with Gasteiger partial charge in [-0.2, -0.15) is 0 Å². The van der Waals surface area contributed by atoms with E-state index in [9.17, 15) is 0 Å². The van der Waals surface area contributed by atoms with Crippen LogP contribution >= 0.6 is 0 Å². The Morgan fingerprint density at radius 3 is 2.67 bits per heavy atom. The SMILES string of the molecule is C=CCN(CCCCNC(C)C)C1CC1. The van der Waals surface area contributed by atoms with Crippen LogP contribution in [-0.2, 0) is 0 Å². The van der Waals surface area contributed by atoms with Crippen molar-refractivity contribution in [2.75, 3.05) is 19.6 Å². The average Bonchev–Trinajstić information content (AvgIpc) is 2.98. The summed E-state index contributed by atoms with van der Waals surface area (Å²) in [7, 11) is 0. The summed E-state index contributed by atoms with van der Waals surface area (Å²) in [5, 5.41) is 3.46. The summed E-state index contributed by atoms with van der Waals surface area (Å²) in [5.41, 5.74) is 0. The van der Waals surface area contributed by atoms with Crippen molar-refractivity contribution in [3.63, 3.8) is 0 Å². The lowest BCUT2D eigenvalue weighted by atomic mass is 10.2. The van der Waals surface area contributed by atoms with Crippen LogP contribution in [0.1, 0.15) is 39.5 Å². The summed E-state index contributed by atoms with van der Waals surface area (Å²) in [5.74, 6) is 0. The Morgan fingerprint density at radius 2 is 2.13 bits per heavy atom. The smallest absolute Gasteiger partial charge is 0.0163 e. The molecule has 0 unspecified atom stereocenters. The molecule has 1 aliphatic rings. The summed E-state index contributed by atoms with van der Waals surface area (Å²) in [4.78, 5) is 2.57. The first-order valence-corrected chi connectivity index (χ1v) is 6.32. The molecule has 1 saturated carbocycles. The number of hydrogen-bond donors (Lipinski definition) is 1. The van der Waals surface area contributed by atoms with Gasteiger partial charge in [-0.3, -0.25) is 4.90 Å². The molecule has 0 heterocycles. The van der Waals surface area contributed by atoms with Crippen LogP contribution in [0.25, 0.3) is 0 Å². The second kappa shape index (κ2) is 7.02. The zero-order valence-electron chi connectivity index (χ0n) is 10.3. The molecule has 0 aliphatic heterocycles. The van der Waals surface area contributed by atoms with Crippen molar-refractivity contribution in [3.05, 3.63) is 12.7 Å². The third kappa shape index (κ3) is 5.95. The van der Waals surface area contributed by atoms with E-state index in [4.69, 9.17) is 0 Å². The van der Waals surface area contributed by atoms with Crippen LogP contribution in [-0.4, -0.2) is 36.6 Å². The summed E-state index contributed by atoms with van der Waals surface area (Å²) >= 11 is 0. The highest BCUT2D eigenvalue weighted by Crippen LogP contribution is 2.26. The molecule has 2 heteroatoms. The molecule has 2 nitrogen and oxygen atoms in total. The minimum atomic E-state index is 0.623. The summed E-state index contributed by atoms with van der Waals surface area (Å²) in [6.07, 6.45) is 7.43. The van der Waals surface area contributed by atoms with Crippen molar-refractivity contribution in [3.8, 4) is 0 Å². The van der Waals surface area contributed by atoms with E-state index in [1.165, 1.54) is 32.2 Å². The van der Waals surface area contributed by atoms with Crippen molar-refractivity contribution in [2.45, 2.75) is 51.6 Å². The van der Waals surface area contributed by atoms with Crippen LogP contribution < -0.4 is 5.32 Å². The molecule has 88 valence electrons. The fraction of sp³-hybridized carbons (Fsp3) is 0.846. The largest absolute Gasteiger partial charge is 0.315 e. The van der Waals surface area contributed by atoms with Crippen LogP contribution in [0.3, 0.4) is 0 Å². The fourth-order valence-electron chi connectivity index (χ4n) is 1.86. The summed E-state index contributed by atoms with van der Waals surface area (Å²) < 4.78 is 0. The number of hydrogen-bond acceptors (Lipinski definition) is 2. The van der Waals surface area contributed by atoms with E-state index >= 15 is 0 Å². The van der Waals surface area contributed by atoms with Crippen molar-refractivity contribution < 1.29 is 0 Å². The summed E-state index contributed by atoms with van der Waals surface area (Å²) in [6.45, 7) is 11.7. The monoisotopic (exact) mass is 210 g/mol. The van der Waals surface area contributed by atoms with E-state index in [0.29, 0.717) is 6.04 Å². The zero-order chi connectivity index (χ0) is 11.1. The zero-order valence-corrected chi connectivity index (χ0v) is 10.3. The minimum absolute atomic E-state index is 0.623. The molecule has 0 spiro atoms. The molecular formula is C13H26N2.